The normalized spacial score (nSPS) is 14.9. The fourth-order valence-corrected chi connectivity index (χ4v) is 2.48. The largest absolute Gasteiger partial charge is 0.451 e. The third-order valence-electron chi connectivity index (χ3n) is 3.86. The zero-order valence-electron chi connectivity index (χ0n) is 11.7. The summed E-state index contributed by atoms with van der Waals surface area (Å²) in [5.41, 5.74) is 2.93. The maximum absolute atomic E-state index is 12.4. The van der Waals surface area contributed by atoms with Crippen molar-refractivity contribution in [1.29, 1.82) is 0 Å². The summed E-state index contributed by atoms with van der Waals surface area (Å²) in [7, 11) is 1.86. The van der Waals surface area contributed by atoms with Crippen LogP contribution < -0.4 is 0 Å². The van der Waals surface area contributed by atoms with Gasteiger partial charge in [-0.3, -0.25) is 4.79 Å². The molecule has 19 heavy (non-hydrogen) atoms. The highest BCUT2D eigenvalue weighted by Crippen LogP contribution is 2.31. The van der Waals surface area contributed by atoms with E-state index in [0.29, 0.717) is 11.7 Å². The molecule has 1 amide bonds. The summed E-state index contributed by atoms with van der Waals surface area (Å²) in [5, 5.41) is 1.04. The van der Waals surface area contributed by atoms with Crippen molar-refractivity contribution in [2.75, 3.05) is 13.6 Å². The molecule has 0 aliphatic heterocycles. The number of rotatable bonds is 3. The van der Waals surface area contributed by atoms with E-state index in [-0.39, 0.29) is 5.91 Å². The minimum absolute atomic E-state index is 0.00162. The van der Waals surface area contributed by atoms with Gasteiger partial charge in [-0.2, -0.15) is 0 Å². The van der Waals surface area contributed by atoms with Gasteiger partial charge in [0, 0.05) is 24.5 Å². The van der Waals surface area contributed by atoms with E-state index in [0.717, 1.165) is 23.1 Å². The predicted octanol–water partition coefficient (Wildman–Crippen LogP) is 3.53. The molecule has 100 valence electrons. The van der Waals surface area contributed by atoms with Crippen LogP contribution in [0.3, 0.4) is 0 Å². The Kier molecular flexibility index (Phi) is 2.85. The lowest BCUT2D eigenvalue weighted by molar-refractivity contribution is 0.0758. The topological polar surface area (TPSA) is 33.5 Å². The molecule has 3 nitrogen and oxygen atoms in total. The Morgan fingerprint density at radius 2 is 2.11 bits per heavy atom. The Morgan fingerprint density at radius 1 is 1.37 bits per heavy atom. The lowest BCUT2D eigenvalue weighted by Gasteiger charge is -2.15. The van der Waals surface area contributed by atoms with E-state index < -0.39 is 0 Å². The maximum Gasteiger partial charge on any atom is 0.289 e. The molecule has 1 aliphatic rings. The van der Waals surface area contributed by atoms with Crippen LogP contribution in [-0.4, -0.2) is 24.4 Å². The van der Waals surface area contributed by atoms with Crippen LogP contribution in [0.2, 0.25) is 0 Å². The quantitative estimate of drug-likeness (QED) is 0.842. The van der Waals surface area contributed by atoms with Gasteiger partial charge in [0.25, 0.3) is 5.91 Å². The Balaban J connectivity index is 1.95. The summed E-state index contributed by atoms with van der Waals surface area (Å²) < 4.78 is 5.75. The molecule has 1 fully saturated rings. The van der Waals surface area contributed by atoms with Crippen LogP contribution in [-0.2, 0) is 0 Å². The lowest BCUT2D eigenvalue weighted by Crippen LogP contribution is -2.28. The first-order valence-corrected chi connectivity index (χ1v) is 6.81. The smallest absolute Gasteiger partial charge is 0.289 e. The molecule has 0 bridgehead atoms. The number of fused-ring (bicyclic) bond motifs is 1. The number of furan rings is 1. The molecule has 1 heterocycles. The summed E-state index contributed by atoms with van der Waals surface area (Å²) in [4.78, 5) is 14.2. The average Bonchev–Trinajstić information content (AvgIpc) is 3.14. The molecule has 1 aromatic carbocycles. The van der Waals surface area contributed by atoms with Crippen molar-refractivity contribution in [1.82, 2.24) is 4.90 Å². The Hall–Kier alpha value is -1.77. The van der Waals surface area contributed by atoms with E-state index in [9.17, 15) is 4.79 Å². The van der Waals surface area contributed by atoms with Crippen LogP contribution in [0.15, 0.2) is 22.6 Å². The fraction of sp³-hybridized carbons (Fsp3) is 0.438. The van der Waals surface area contributed by atoms with E-state index in [1.54, 1.807) is 4.90 Å². The van der Waals surface area contributed by atoms with Crippen molar-refractivity contribution in [2.24, 2.45) is 5.92 Å². The molecular formula is C16H19NO2. The molecule has 0 atom stereocenters. The van der Waals surface area contributed by atoms with Crippen molar-refractivity contribution in [3.63, 3.8) is 0 Å². The molecule has 1 aromatic heterocycles. The summed E-state index contributed by atoms with van der Waals surface area (Å²) >= 11 is 0. The first-order valence-electron chi connectivity index (χ1n) is 6.81. The minimum atomic E-state index is -0.00162. The van der Waals surface area contributed by atoms with Crippen molar-refractivity contribution in [3.8, 4) is 0 Å². The average molecular weight is 257 g/mol. The van der Waals surface area contributed by atoms with Gasteiger partial charge in [-0.1, -0.05) is 11.6 Å². The van der Waals surface area contributed by atoms with Crippen LogP contribution in [0.25, 0.3) is 11.0 Å². The number of nitrogens with zero attached hydrogens (tertiary/aromatic N) is 1. The van der Waals surface area contributed by atoms with Gasteiger partial charge in [-0.05, 0) is 44.7 Å². The molecule has 2 aromatic rings. The van der Waals surface area contributed by atoms with E-state index >= 15 is 0 Å². The molecule has 0 radical (unpaired) electrons. The summed E-state index contributed by atoms with van der Waals surface area (Å²) in [6, 6.07) is 6.02. The third kappa shape index (κ3) is 2.25. The number of carbonyl (C=O) groups is 1. The third-order valence-corrected chi connectivity index (χ3v) is 3.86. The van der Waals surface area contributed by atoms with Gasteiger partial charge in [0.05, 0.1) is 0 Å². The van der Waals surface area contributed by atoms with E-state index in [2.05, 4.69) is 6.07 Å². The molecule has 3 heteroatoms. The van der Waals surface area contributed by atoms with Gasteiger partial charge >= 0.3 is 0 Å². The van der Waals surface area contributed by atoms with E-state index in [1.807, 2.05) is 33.0 Å². The molecule has 1 aliphatic carbocycles. The molecule has 3 rings (SSSR count). The van der Waals surface area contributed by atoms with Crippen LogP contribution in [0.1, 0.15) is 34.5 Å². The summed E-state index contributed by atoms with van der Waals surface area (Å²) in [6.45, 7) is 4.85. The number of aryl methyl sites for hydroxylation is 2. The summed E-state index contributed by atoms with van der Waals surface area (Å²) in [6.07, 6.45) is 2.49. The Labute approximate surface area is 113 Å². The Bertz CT molecular complexity index is 637. The molecular weight excluding hydrogens is 238 g/mol. The number of hydrogen-bond acceptors (Lipinski definition) is 2. The second-order valence-electron chi connectivity index (χ2n) is 5.68. The van der Waals surface area contributed by atoms with Gasteiger partial charge < -0.3 is 9.32 Å². The zero-order chi connectivity index (χ0) is 13.6. The highest BCUT2D eigenvalue weighted by molar-refractivity contribution is 5.98. The second kappa shape index (κ2) is 4.41. The van der Waals surface area contributed by atoms with Crippen molar-refractivity contribution in [2.45, 2.75) is 26.7 Å². The first kappa shape index (κ1) is 12.3. The fourth-order valence-electron chi connectivity index (χ4n) is 2.48. The number of carbonyl (C=O) groups excluding carboxylic acids is 1. The van der Waals surface area contributed by atoms with Crippen LogP contribution in [0.4, 0.5) is 0 Å². The van der Waals surface area contributed by atoms with Crippen LogP contribution in [0, 0.1) is 19.8 Å². The molecule has 1 saturated carbocycles. The highest BCUT2D eigenvalue weighted by atomic mass is 16.3. The monoisotopic (exact) mass is 257 g/mol. The van der Waals surface area contributed by atoms with E-state index in [1.165, 1.54) is 18.4 Å². The lowest BCUT2D eigenvalue weighted by atomic mass is 10.1. The molecule has 0 saturated heterocycles. The van der Waals surface area contributed by atoms with E-state index in [4.69, 9.17) is 4.42 Å². The minimum Gasteiger partial charge on any atom is -0.451 e. The van der Waals surface area contributed by atoms with Gasteiger partial charge in [0.15, 0.2) is 5.76 Å². The van der Waals surface area contributed by atoms with Gasteiger partial charge in [-0.15, -0.1) is 0 Å². The number of benzene rings is 1. The predicted molar refractivity (Wildman–Crippen MR) is 75.4 cm³/mol. The second-order valence-corrected chi connectivity index (χ2v) is 5.68. The SMILES string of the molecule is Cc1ccc2oc(C(=O)N(C)CC3CC3)c(C)c2c1. The van der Waals surface area contributed by atoms with Gasteiger partial charge in [-0.25, -0.2) is 0 Å². The van der Waals surface area contributed by atoms with Gasteiger partial charge in [0.2, 0.25) is 0 Å². The standard InChI is InChI=1S/C16H19NO2/c1-10-4-7-14-13(8-10)11(2)15(19-14)16(18)17(3)9-12-5-6-12/h4,7-8,12H,5-6,9H2,1-3H3. The highest BCUT2D eigenvalue weighted by Gasteiger charge is 2.27. The van der Waals surface area contributed by atoms with Crippen LogP contribution >= 0.6 is 0 Å². The van der Waals surface area contributed by atoms with Gasteiger partial charge in [0.1, 0.15) is 5.58 Å². The zero-order valence-corrected chi connectivity index (χ0v) is 11.7. The van der Waals surface area contributed by atoms with Crippen molar-refractivity contribution in [3.05, 3.63) is 35.1 Å². The summed E-state index contributed by atoms with van der Waals surface area (Å²) in [5.74, 6) is 1.18. The molecule has 0 spiro atoms. The molecule has 0 N–H and O–H groups in total. The number of hydrogen-bond donors (Lipinski definition) is 0. The van der Waals surface area contributed by atoms with Crippen molar-refractivity contribution >= 4 is 16.9 Å². The number of amides is 1. The molecule has 0 unspecified atom stereocenters. The van der Waals surface area contributed by atoms with Crippen molar-refractivity contribution < 1.29 is 9.21 Å². The first-order chi connectivity index (χ1) is 9.06. The Morgan fingerprint density at radius 3 is 2.79 bits per heavy atom. The maximum atomic E-state index is 12.4. The van der Waals surface area contributed by atoms with Crippen LogP contribution in [0.5, 0.6) is 0 Å².